The van der Waals surface area contributed by atoms with Crippen LogP contribution in [0.2, 0.25) is 0 Å². The zero-order valence-corrected chi connectivity index (χ0v) is 14.6. The van der Waals surface area contributed by atoms with Crippen molar-refractivity contribution in [2.75, 3.05) is 13.6 Å². The van der Waals surface area contributed by atoms with Crippen LogP contribution in [0.15, 0.2) is 48.7 Å². The van der Waals surface area contributed by atoms with E-state index in [4.69, 9.17) is 4.74 Å². The second kappa shape index (κ2) is 10.8. The van der Waals surface area contributed by atoms with Crippen molar-refractivity contribution in [3.05, 3.63) is 54.2 Å². The van der Waals surface area contributed by atoms with E-state index >= 15 is 0 Å². The number of nitrogens with zero attached hydrogens (tertiary/aromatic N) is 1. The summed E-state index contributed by atoms with van der Waals surface area (Å²) in [5, 5.41) is 5.89. The Morgan fingerprint density at radius 2 is 1.87 bits per heavy atom. The third-order valence-electron chi connectivity index (χ3n) is 3.03. The Balaban J connectivity index is 0.00000242. The summed E-state index contributed by atoms with van der Waals surface area (Å²) in [6.45, 7) is 2.56. The number of nitrogens with one attached hydrogen (secondary N) is 2. The number of ether oxygens (including phenoxy) is 1. The highest BCUT2D eigenvalue weighted by molar-refractivity contribution is 5.93. The first-order valence-electron chi connectivity index (χ1n) is 6.83. The van der Waals surface area contributed by atoms with Crippen LogP contribution in [0.3, 0.4) is 0 Å². The minimum absolute atomic E-state index is 0. The molecule has 7 heteroatoms. The highest BCUT2D eigenvalue weighted by Crippen LogP contribution is 2.18. The van der Waals surface area contributed by atoms with Crippen LogP contribution in [0.5, 0.6) is 11.6 Å². The van der Waals surface area contributed by atoms with Crippen molar-refractivity contribution in [1.82, 2.24) is 15.6 Å². The highest BCUT2D eigenvalue weighted by atomic mass is 35.5. The summed E-state index contributed by atoms with van der Waals surface area (Å²) in [6, 6.07) is 13.0. The van der Waals surface area contributed by atoms with E-state index in [0.717, 1.165) is 0 Å². The van der Waals surface area contributed by atoms with Gasteiger partial charge in [-0.25, -0.2) is 4.98 Å². The Labute approximate surface area is 148 Å². The maximum Gasteiger partial charge on any atom is 0.252 e. The molecule has 0 saturated carbocycles. The van der Waals surface area contributed by atoms with Gasteiger partial charge < -0.3 is 15.4 Å². The van der Waals surface area contributed by atoms with Gasteiger partial charge in [0.25, 0.3) is 5.91 Å². The fraction of sp³-hybridized carbons (Fsp3) is 0.250. The van der Waals surface area contributed by atoms with Crippen molar-refractivity contribution in [3.8, 4) is 11.6 Å². The predicted molar refractivity (Wildman–Crippen MR) is 96.1 cm³/mol. The van der Waals surface area contributed by atoms with Crippen LogP contribution in [0.25, 0.3) is 0 Å². The lowest BCUT2D eigenvalue weighted by Crippen LogP contribution is -2.37. The molecule has 0 aliphatic rings. The minimum atomic E-state index is -0.143. The number of aromatic nitrogens is 1. The fourth-order valence-corrected chi connectivity index (χ4v) is 1.63. The molecule has 0 spiro atoms. The van der Waals surface area contributed by atoms with Crippen LogP contribution in [-0.2, 0) is 0 Å². The Morgan fingerprint density at radius 3 is 2.43 bits per heavy atom. The van der Waals surface area contributed by atoms with Crippen LogP contribution in [-0.4, -0.2) is 30.5 Å². The summed E-state index contributed by atoms with van der Waals surface area (Å²) in [5.74, 6) is 1.03. The lowest BCUT2D eigenvalue weighted by Gasteiger charge is -2.11. The van der Waals surface area contributed by atoms with Gasteiger partial charge in [-0.2, -0.15) is 0 Å². The van der Waals surface area contributed by atoms with Gasteiger partial charge in [-0.3, -0.25) is 4.79 Å². The second-order valence-corrected chi connectivity index (χ2v) is 4.70. The number of pyridine rings is 1. The lowest BCUT2D eigenvalue weighted by molar-refractivity contribution is 0.0950. The number of hydrogen-bond donors (Lipinski definition) is 2. The molecule has 0 bridgehead atoms. The number of halogens is 2. The standard InChI is InChI=1S/C16H19N3O2.2ClH/c1-12(17-2)10-19-16(20)13-8-9-15(18-11-13)21-14-6-4-3-5-7-14;;/h3-9,11-12,17H,10H2,1-2H3,(H,19,20);2*1H. The molecular formula is C16H21Cl2N3O2. The van der Waals surface area contributed by atoms with Crippen molar-refractivity contribution in [2.24, 2.45) is 0 Å². The molecular weight excluding hydrogens is 337 g/mol. The first kappa shape index (κ1) is 21.2. The summed E-state index contributed by atoms with van der Waals surface area (Å²) in [4.78, 5) is 16.1. The van der Waals surface area contributed by atoms with Crippen LogP contribution in [0.4, 0.5) is 0 Å². The molecule has 0 aliphatic heterocycles. The molecule has 0 aliphatic carbocycles. The normalized spacial score (nSPS) is 10.7. The molecule has 0 saturated heterocycles. The van der Waals surface area contributed by atoms with Crippen LogP contribution in [0, 0.1) is 0 Å². The molecule has 1 aromatic heterocycles. The maximum atomic E-state index is 11.9. The number of likely N-dealkylation sites (N-methyl/N-ethyl adjacent to an activating group) is 1. The first-order chi connectivity index (χ1) is 10.2. The zero-order valence-electron chi connectivity index (χ0n) is 13.0. The quantitative estimate of drug-likeness (QED) is 0.833. The average Bonchev–Trinajstić information content (AvgIpc) is 2.54. The van der Waals surface area contributed by atoms with Crippen molar-refractivity contribution in [1.29, 1.82) is 0 Å². The SMILES string of the molecule is CNC(C)CNC(=O)c1ccc(Oc2ccccc2)nc1.Cl.Cl. The number of rotatable bonds is 6. The Kier molecular flexibility index (Phi) is 9.97. The molecule has 1 unspecified atom stereocenters. The molecule has 2 aromatic rings. The first-order valence-corrected chi connectivity index (χ1v) is 6.83. The van der Waals surface area contributed by atoms with E-state index in [1.807, 2.05) is 44.3 Å². The third kappa shape index (κ3) is 6.86. The van der Waals surface area contributed by atoms with Crippen LogP contribution >= 0.6 is 24.8 Å². The molecule has 1 atom stereocenters. The Hall–Kier alpha value is -1.82. The second-order valence-electron chi connectivity index (χ2n) is 4.70. The summed E-state index contributed by atoms with van der Waals surface area (Å²) in [5.41, 5.74) is 0.513. The lowest BCUT2D eigenvalue weighted by atomic mass is 10.2. The molecule has 0 fully saturated rings. The van der Waals surface area contributed by atoms with E-state index in [9.17, 15) is 4.79 Å². The fourth-order valence-electron chi connectivity index (χ4n) is 1.63. The van der Waals surface area contributed by atoms with E-state index in [1.165, 1.54) is 6.20 Å². The Bertz CT molecular complexity index is 580. The molecule has 1 heterocycles. The smallest absolute Gasteiger partial charge is 0.252 e. The molecule has 1 aromatic carbocycles. The number of amides is 1. The number of benzene rings is 1. The average molecular weight is 358 g/mol. The topological polar surface area (TPSA) is 63.2 Å². The van der Waals surface area contributed by atoms with E-state index in [2.05, 4.69) is 15.6 Å². The highest BCUT2D eigenvalue weighted by Gasteiger charge is 2.08. The van der Waals surface area contributed by atoms with Crippen molar-refractivity contribution in [2.45, 2.75) is 13.0 Å². The van der Waals surface area contributed by atoms with Gasteiger partial charge in [0.2, 0.25) is 5.88 Å². The van der Waals surface area contributed by atoms with Crippen molar-refractivity contribution < 1.29 is 9.53 Å². The summed E-state index contributed by atoms with van der Waals surface area (Å²) >= 11 is 0. The van der Waals surface area contributed by atoms with Crippen molar-refractivity contribution in [3.63, 3.8) is 0 Å². The van der Waals surface area contributed by atoms with E-state index in [1.54, 1.807) is 12.1 Å². The predicted octanol–water partition coefficient (Wildman–Crippen LogP) is 3.06. The van der Waals surface area contributed by atoms with Crippen LogP contribution in [0.1, 0.15) is 17.3 Å². The van der Waals surface area contributed by atoms with E-state index in [-0.39, 0.29) is 36.8 Å². The van der Waals surface area contributed by atoms with Gasteiger partial charge in [-0.15, -0.1) is 24.8 Å². The number of para-hydroxylation sites is 1. The zero-order chi connectivity index (χ0) is 15.1. The summed E-state index contributed by atoms with van der Waals surface area (Å²) in [7, 11) is 1.86. The molecule has 5 nitrogen and oxygen atoms in total. The third-order valence-corrected chi connectivity index (χ3v) is 3.03. The van der Waals surface area contributed by atoms with E-state index < -0.39 is 0 Å². The van der Waals surface area contributed by atoms with Gasteiger partial charge in [-0.1, -0.05) is 18.2 Å². The number of carbonyl (C=O) groups is 1. The van der Waals surface area contributed by atoms with Gasteiger partial charge in [-0.05, 0) is 32.2 Å². The molecule has 2 N–H and O–H groups in total. The van der Waals surface area contributed by atoms with Gasteiger partial charge in [0.1, 0.15) is 5.75 Å². The van der Waals surface area contributed by atoms with Crippen molar-refractivity contribution >= 4 is 30.7 Å². The number of hydrogen-bond acceptors (Lipinski definition) is 4. The molecule has 126 valence electrons. The number of carbonyl (C=O) groups excluding carboxylic acids is 1. The summed E-state index contributed by atoms with van der Waals surface area (Å²) < 4.78 is 5.58. The molecule has 23 heavy (non-hydrogen) atoms. The molecule has 1 amide bonds. The monoisotopic (exact) mass is 357 g/mol. The molecule has 0 radical (unpaired) electrons. The largest absolute Gasteiger partial charge is 0.439 e. The molecule has 2 rings (SSSR count). The van der Waals surface area contributed by atoms with Gasteiger partial charge in [0.05, 0.1) is 5.56 Å². The summed E-state index contributed by atoms with van der Waals surface area (Å²) in [6.07, 6.45) is 1.51. The van der Waals surface area contributed by atoms with Crippen LogP contribution < -0.4 is 15.4 Å². The Morgan fingerprint density at radius 1 is 1.17 bits per heavy atom. The van der Waals surface area contributed by atoms with Gasteiger partial charge >= 0.3 is 0 Å². The van der Waals surface area contributed by atoms with Gasteiger partial charge in [0, 0.05) is 24.8 Å². The van der Waals surface area contributed by atoms with E-state index in [0.29, 0.717) is 23.7 Å². The minimum Gasteiger partial charge on any atom is -0.439 e. The van der Waals surface area contributed by atoms with Gasteiger partial charge in [0.15, 0.2) is 0 Å². The maximum absolute atomic E-state index is 11.9.